The Kier molecular flexibility index (Phi) is 7.73. The van der Waals surface area contributed by atoms with Gasteiger partial charge in [0.2, 0.25) is 0 Å². The number of nitrogens with zero attached hydrogens (tertiary/aromatic N) is 1. The Morgan fingerprint density at radius 1 is 1.06 bits per heavy atom. The van der Waals surface area contributed by atoms with E-state index in [1.807, 2.05) is 68.4 Å². The SMILES string of the molecule is CC(C)CN1C(=O)[C@H](CC(=O)O)O[C@@H](c2ccccc2OCc2ccccc2)c2cc(Cl)ccc21. The summed E-state index contributed by atoms with van der Waals surface area (Å²) in [5, 5.41) is 10.0. The van der Waals surface area contributed by atoms with Gasteiger partial charge in [-0.3, -0.25) is 9.59 Å². The summed E-state index contributed by atoms with van der Waals surface area (Å²) in [5.74, 6) is -0.740. The number of anilines is 1. The van der Waals surface area contributed by atoms with Crippen LogP contribution in [0.4, 0.5) is 5.69 Å². The smallest absolute Gasteiger partial charge is 0.306 e. The van der Waals surface area contributed by atoms with Crippen LogP contribution in [0.25, 0.3) is 0 Å². The van der Waals surface area contributed by atoms with Gasteiger partial charge in [-0.05, 0) is 35.7 Å². The van der Waals surface area contributed by atoms with Crippen LogP contribution in [0.5, 0.6) is 5.75 Å². The minimum absolute atomic E-state index is 0.158. The normalized spacial score (nSPS) is 17.7. The van der Waals surface area contributed by atoms with Crippen molar-refractivity contribution in [3.05, 3.63) is 94.5 Å². The van der Waals surface area contributed by atoms with Gasteiger partial charge in [0.05, 0.1) is 6.42 Å². The van der Waals surface area contributed by atoms with Crippen molar-refractivity contribution in [1.82, 2.24) is 0 Å². The Hall–Kier alpha value is -3.35. The fraction of sp³-hybridized carbons (Fsp3) is 0.286. The van der Waals surface area contributed by atoms with Gasteiger partial charge in [-0.25, -0.2) is 0 Å². The van der Waals surface area contributed by atoms with Crippen LogP contribution >= 0.6 is 11.6 Å². The third-order valence-corrected chi connectivity index (χ3v) is 5.99. The quantitative estimate of drug-likeness (QED) is 0.424. The van der Waals surface area contributed by atoms with Crippen molar-refractivity contribution in [2.24, 2.45) is 5.92 Å². The second kappa shape index (κ2) is 10.9. The van der Waals surface area contributed by atoms with Gasteiger partial charge in [0.15, 0.2) is 0 Å². The highest BCUT2D eigenvalue weighted by Crippen LogP contribution is 2.43. The summed E-state index contributed by atoms with van der Waals surface area (Å²) in [4.78, 5) is 26.8. The maximum absolute atomic E-state index is 13.5. The molecule has 1 aliphatic heterocycles. The van der Waals surface area contributed by atoms with Gasteiger partial charge in [0.1, 0.15) is 24.6 Å². The highest BCUT2D eigenvalue weighted by Gasteiger charge is 2.38. The molecule has 0 radical (unpaired) electrons. The first-order valence-corrected chi connectivity index (χ1v) is 11.9. The summed E-state index contributed by atoms with van der Waals surface area (Å²) in [7, 11) is 0. The lowest BCUT2D eigenvalue weighted by Gasteiger charge is -2.26. The number of carbonyl (C=O) groups excluding carboxylic acids is 1. The van der Waals surface area contributed by atoms with Crippen molar-refractivity contribution in [3.63, 3.8) is 0 Å². The number of hydrogen-bond acceptors (Lipinski definition) is 4. The molecular weight excluding hydrogens is 466 g/mol. The largest absolute Gasteiger partial charge is 0.489 e. The Morgan fingerprint density at radius 3 is 2.49 bits per heavy atom. The molecule has 6 nitrogen and oxygen atoms in total. The number of hydrogen-bond donors (Lipinski definition) is 1. The van der Waals surface area contributed by atoms with Gasteiger partial charge in [0, 0.05) is 28.4 Å². The molecule has 35 heavy (non-hydrogen) atoms. The van der Waals surface area contributed by atoms with E-state index in [0.717, 1.165) is 5.56 Å². The molecule has 0 aromatic heterocycles. The minimum atomic E-state index is -1.16. The van der Waals surface area contributed by atoms with E-state index in [1.165, 1.54) is 0 Å². The lowest BCUT2D eigenvalue weighted by atomic mass is 9.98. The zero-order chi connectivity index (χ0) is 24.9. The van der Waals surface area contributed by atoms with Crippen LogP contribution in [0.1, 0.15) is 43.1 Å². The number of benzene rings is 3. The van der Waals surface area contributed by atoms with E-state index in [2.05, 4.69) is 0 Å². The summed E-state index contributed by atoms with van der Waals surface area (Å²) in [6, 6.07) is 22.5. The molecule has 7 heteroatoms. The van der Waals surface area contributed by atoms with E-state index in [-0.39, 0.29) is 11.8 Å². The topological polar surface area (TPSA) is 76.1 Å². The predicted octanol–water partition coefficient (Wildman–Crippen LogP) is 5.87. The molecule has 0 fully saturated rings. The minimum Gasteiger partial charge on any atom is -0.489 e. The first-order valence-electron chi connectivity index (χ1n) is 11.6. The first kappa shape index (κ1) is 24.8. The number of ether oxygens (including phenoxy) is 2. The molecule has 2 atom stereocenters. The number of fused-ring (bicyclic) bond motifs is 1. The van der Waals surface area contributed by atoms with Crippen LogP contribution in [0.3, 0.4) is 0 Å². The second-order valence-corrected chi connectivity index (χ2v) is 9.40. The molecule has 0 saturated carbocycles. The second-order valence-electron chi connectivity index (χ2n) is 8.96. The van der Waals surface area contributed by atoms with Gasteiger partial charge in [-0.15, -0.1) is 0 Å². The summed E-state index contributed by atoms with van der Waals surface area (Å²) >= 11 is 6.39. The molecular formula is C28H28ClNO5. The van der Waals surface area contributed by atoms with E-state index in [0.29, 0.717) is 40.7 Å². The molecule has 1 N–H and O–H groups in total. The molecule has 182 valence electrons. The average Bonchev–Trinajstić information content (AvgIpc) is 2.93. The lowest BCUT2D eigenvalue weighted by molar-refractivity contribution is -0.147. The summed E-state index contributed by atoms with van der Waals surface area (Å²) in [6.07, 6.45) is -2.36. The van der Waals surface area contributed by atoms with Gasteiger partial charge >= 0.3 is 5.97 Å². The monoisotopic (exact) mass is 493 g/mol. The maximum atomic E-state index is 13.5. The highest BCUT2D eigenvalue weighted by atomic mass is 35.5. The molecule has 0 spiro atoms. The van der Waals surface area contributed by atoms with Crippen molar-refractivity contribution in [1.29, 1.82) is 0 Å². The summed E-state index contributed by atoms with van der Waals surface area (Å²) < 4.78 is 12.5. The molecule has 3 aromatic rings. The van der Waals surface area contributed by atoms with E-state index >= 15 is 0 Å². The van der Waals surface area contributed by atoms with Crippen LogP contribution < -0.4 is 9.64 Å². The first-order chi connectivity index (χ1) is 16.8. The number of aliphatic carboxylic acids is 1. The zero-order valence-electron chi connectivity index (χ0n) is 19.7. The summed E-state index contributed by atoms with van der Waals surface area (Å²) in [6.45, 7) is 4.78. The van der Waals surface area contributed by atoms with E-state index < -0.39 is 24.6 Å². The van der Waals surface area contributed by atoms with Gasteiger partial charge in [-0.1, -0.05) is 74.0 Å². The maximum Gasteiger partial charge on any atom is 0.306 e. The molecule has 1 heterocycles. The van der Waals surface area contributed by atoms with Gasteiger partial charge in [0.25, 0.3) is 5.91 Å². The predicted molar refractivity (Wildman–Crippen MR) is 135 cm³/mol. The van der Waals surface area contributed by atoms with Crippen molar-refractivity contribution in [2.75, 3.05) is 11.4 Å². The summed E-state index contributed by atoms with van der Waals surface area (Å²) in [5.41, 5.74) is 3.05. The highest BCUT2D eigenvalue weighted by molar-refractivity contribution is 6.30. The van der Waals surface area contributed by atoms with Crippen LogP contribution in [-0.4, -0.2) is 29.6 Å². The molecule has 0 aliphatic carbocycles. The fourth-order valence-electron chi connectivity index (χ4n) is 4.22. The molecule has 4 rings (SSSR count). The standard InChI is InChI=1S/C28H28ClNO5/c1-18(2)16-30-23-13-12-20(29)14-22(23)27(35-25(28(30)33)15-26(31)32)21-10-6-7-11-24(21)34-17-19-8-4-3-5-9-19/h3-14,18,25,27H,15-17H2,1-2H3,(H,31,32)/t25-,27-/m0/s1. The van der Waals surface area contributed by atoms with Crippen LogP contribution in [0, 0.1) is 5.92 Å². The van der Waals surface area contributed by atoms with E-state index in [1.54, 1.807) is 23.1 Å². The zero-order valence-corrected chi connectivity index (χ0v) is 20.4. The molecule has 0 saturated heterocycles. The molecule has 0 bridgehead atoms. The van der Waals surface area contributed by atoms with Crippen LogP contribution in [0.15, 0.2) is 72.8 Å². The number of carboxylic acids is 1. The van der Waals surface area contributed by atoms with E-state index in [4.69, 9.17) is 21.1 Å². The van der Waals surface area contributed by atoms with E-state index in [9.17, 15) is 14.7 Å². The number of para-hydroxylation sites is 1. The number of rotatable bonds is 8. The average molecular weight is 494 g/mol. The molecule has 3 aromatic carbocycles. The molecule has 1 amide bonds. The fourth-order valence-corrected chi connectivity index (χ4v) is 4.40. The third-order valence-electron chi connectivity index (χ3n) is 5.75. The van der Waals surface area contributed by atoms with Gasteiger partial charge in [-0.2, -0.15) is 0 Å². The van der Waals surface area contributed by atoms with Gasteiger partial charge < -0.3 is 19.5 Å². The number of carboxylic acid groups (broad SMARTS) is 1. The third kappa shape index (κ3) is 5.84. The number of carbonyl (C=O) groups is 2. The Bertz CT molecular complexity index is 1200. The van der Waals surface area contributed by atoms with Crippen LogP contribution in [-0.2, 0) is 20.9 Å². The van der Waals surface area contributed by atoms with Crippen molar-refractivity contribution in [3.8, 4) is 5.75 Å². The lowest BCUT2D eigenvalue weighted by Crippen LogP contribution is -2.42. The number of amides is 1. The Labute approximate surface area is 210 Å². The van der Waals surface area contributed by atoms with Crippen LogP contribution in [0.2, 0.25) is 5.02 Å². The number of halogens is 1. The van der Waals surface area contributed by atoms with Crippen molar-refractivity contribution < 1.29 is 24.2 Å². The molecule has 0 unspecified atom stereocenters. The molecule has 1 aliphatic rings. The Balaban J connectivity index is 1.80. The Morgan fingerprint density at radius 2 is 1.77 bits per heavy atom. The van der Waals surface area contributed by atoms with Crippen molar-refractivity contribution >= 4 is 29.2 Å². The van der Waals surface area contributed by atoms with Crippen molar-refractivity contribution in [2.45, 2.75) is 39.1 Å².